The van der Waals surface area contributed by atoms with Crippen molar-refractivity contribution in [2.75, 3.05) is 6.61 Å². The van der Waals surface area contributed by atoms with Gasteiger partial charge in [0.1, 0.15) is 0 Å². The summed E-state index contributed by atoms with van der Waals surface area (Å²) in [4.78, 5) is 0. The number of hydrogen-bond donors (Lipinski definition) is 0. The minimum Gasteiger partial charge on any atom is -0.369 e. The lowest BCUT2D eigenvalue weighted by atomic mass is 10.2. The molecule has 1 aliphatic carbocycles. The fourth-order valence-electron chi connectivity index (χ4n) is 1.56. The maximum Gasteiger partial charge on any atom is 0.0766 e. The van der Waals surface area contributed by atoms with Gasteiger partial charge >= 0.3 is 0 Å². The van der Waals surface area contributed by atoms with Crippen LogP contribution >= 0.6 is 0 Å². The summed E-state index contributed by atoms with van der Waals surface area (Å²) in [6.45, 7) is 4.91. The van der Waals surface area contributed by atoms with Crippen LogP contribution in [-0.2, 0) is 4.74 Å². The van der Waals surface area contributed by atoms with E-state index < -0.39 is 0 Å². The first-order valence-electron chi connectivity index (χ1n) is 6.13. The molecule has 0 fully saturated rings. The molecule has 1 aliphatic rings. The first-order chi connectivity index (χ1) is 7.86. The largest absolute Gasteiger partial charge is 0.369 e. The molecule has 0 N–H and O–H groups in total. The molecule has 1 nitrogen and oxygen atoms in total. The minimum atomic E-state index is 0.264. The van der Waals surface area contributed by atoms with Gasteiger partial charge in [-0.15, -0.1) is 0 Å². The molecule has 0 aromatic heterocycles. The van der Waals surface area contributed by atoms with Crippen LogP contribution in [0.25, 0.3) is 0 Å². The van der Waals surface area contributed by atoms with Gasteiger partial charge in [-0.05, 0) is 31.8 Å². The van der Waals surface area contributed by atoms with Crippen molar-refractivity contribution in [2.24, 2.45) is 0 Å². The molecule has 0 aliphatic heterocycles. The van der Waals surface area contributed by atoms with Crippen LogP contribution in [0.15, 0.2) is 48.1 Å². The second kappa shape index (κ2) is 8.12. The van der Waals surface area contributed by atoms with E-state index >= 15 is 0 Å². The van der Waals surface area contributed by atoms with Gasteiger partial charge in [-0.2, -0.15) is 0 Å². The Balaban J connectivity index is 2.35. The fraction of sp³-hybridized carbons (Fsp3) is 0.467. The van der Waals surface area contributed by atoms with Crippen LogP contribution in [0.2, 0.25) is 0 Å². The van der Waals surface area contributed by atoms with Crippen LogP contribution in [0.5, 0.6) is 0 Å². The van der Waals surface area contributed by atoms with Crippen LogP contribution in [0.1, 0.15) is 33.1 Å². The molecule has 0 aromatic rings. The molecule has 0 heterocycles. The smallest absolute Gasteiger partial charge is 0.0766 e. The number of ether oxygens (including phenoxy) is 1. The second-order valence-corrected chi connectivity index (χ2v) is 3.91. The van der Waals surface area contributed by atoms with Gasteiger partial charge in [0, 0.05) is 0 Å². The maximum absolute atomic E-state index is 5.87. The zero-order chi connectivity index (χ0) is 11.6. The van der Waals surface area contributed by atoms with E-state index in [0.29, 0.717) is 6.61 Å². The van der Waals surface area contributed by atoms with Crippen LogP contribution in [0, 0.1) is 0 Å². The van der Waals surface area contributed by atoms with Crippen LogP contribution in [0.3, 0.4) is 0 Å². The number of allylic oxidation sites excluding steroid dienone is 5. The summed E-state index contributed by atoms with van der Waals surface area (Å²) < 4.78 is 5.87. The third-order valence-corrected chi connectivity index (χ3v) is 2.59. The van der Waals surface area contributed by atoms with Gasteiger partial charge in [-0.1, -0.05) is 49.5 Å². The lowest BCUT2D eigenvalue weighted by Gasteiger charge is -2.12. The van der Waals surface area contributed by atoms with E-state index in [-0.39, 0.29) is 6.10 Å². The zero-order valence-electron chi connectivity index (χ0n) is 10.4. The van der Waals surface area contributed by atoms with Crippen molar-refractivity contribution in [1.82, 2.24) is 0 Å². The summed E-state index contributed by atoms with van der Waals surface area (Å²) in [5.74, 6) is 0. The Morgan fingerprint density at radius 3 is 3.06 bits per heavy atom. The highest BCUT2D eigenvalue weighted by Gasteiger charge is 2.05. The summed E-state index contributed by atoms with van der Waals surface area (Å²) in [5, 5.41) is 0. The van der Waals surface area contributed by atoms with Crippen molar-refractivity contribution in [3.63, 3.8) is 0 Å². The van der Waals surface area contributed by atoms with Crippen LogP contribution in [-0.4, -0.2) is 12.7 Å². The summed E-state index contributed by atoms with van der Waals surface area (Å²) in [6, 6.07) is 0. The minimum absolute atomic E-state index is 0.264. The van der Waals surface area contributed by atoms with E-state index in [9.17, 15) is 0 Å². The van der Waals surface area contributed by atoms with Gasteiger partial charge in [-0.25, -0.2) is 0 Å². The van der Waals surface area contributed by atoms with E-state index in [4.69, 9.17) is 4.74 Å². The molecule has 0 bridgehead atoms. The lowest BCUT2D eigenvalue weighted by Crippen LogP contribution is -2.10. The van der Waals surface area contributed by atoms with Gasteiger partial charge in [0.2, 0.25) is 0 Å². The highest BCUT2D eigenvalue weighted by Crippen LogP contribution is 2.11. The molecule has 0 aromatic carbocycles. The molecule has 0 saturated heterocycles. The summed E-state index contributed by atoms with van der Waals surface area (Å²) >= 11 is 0. The lowest BCUT2D eigenvalue weighted by molar-refractivity contribution is 0.100. The Bertz CT molecular complexity index is 295. The molecular formula is C15H22O. The van der Waals surface area contributed by atoms with Gasteiger partial charge in [0.05, 0.1) is 12.7 Å². The van der Waals surface area contributed by atoms with Crippen molar-refractivity contribution in [2.45, 2.75) is 39.2 Å². The van der Waals surface area contributed by atoms with Gasteiger partial charge < -0.3 is 4.74 Å². The normalized spacial score (nSPS) is 21.6. The molecule has 0 spiro atoms. The van der Waals surface area contributed by atoms with E-state index in [0.717, 1.165) is 19.3 Å². The molecule has 1 rings (SSSR count). The van der Waals surface area contributed by atoms with Crippen LogP contribution < -0.4 is 0 Å². The SMILES string of the molecule is C/C=C(\C=C/CC)COC1C=CC=CCC1. The molecule has 88 valence electrons. The Morgan fingerprint density at radius 2 is 2.31 bits per heavy atom. The Morgan fingerprint density at radius 1 is 1.44 bits per heavy atom. The van der Waals surface area contributed by atoms with Gasteiger partial charge in [0.25, 0.3) is 0 Å². The van der Waals surface area contributed by atoms with E-state index in [2.05, 4.69) is 56.4 Å². The molecule has 16 heavy (non-hydrogen) atoms. The number of rotatable bonds is 5. The molecule has 1 heteroatoms. The number of hydrogen-bond acceptors (Lipinski definition) is 1. The highest BCUT2D eigenvalue weighted by molar-refractivity contribution is 5.18. The summed E-state index contributed by atoms with van der Waals surface area (Å²) in [5.41, 5.74) is 1.26. The van der Waals surface area contributed by atoms with E-state index in [1.54, 1.807) is 0 Å². The Hall–Kier alpha value is -1.08. The molecule has 0 radical (unpaired) electrons. The average Bonchev–Trinajstić information content (AvgIpc) is 2.58. The quantitative estimate of drug-likeness (QED) is 0.629. The Kier molecular flexibility index (Phi) is 6.59. The highest BCUT2D eigenvalue weighted by atomic mass is 16.5. The molecule has 0 saturated carbocycles. The topological polar surface area (TPSA) is 9.23 Å². The second-order valence-electron chi connectivity index (χ2n) is 3.91. The van der Waals surface area contributed by atoms with Gasteiger partial charge in [0.15, 0.2) is 0 Å². The summed E-state index contributed by atoms with van der Waals surface area (Å²) in [7, 11) is 0. The first-order valence-corrected chi connectivity index (χ1v) is 6.13. The van der Waals surface area contributed by atoms with E-state index in [1.807, 2.05) is 0 Å². The maximum atomic E-state index is 5.87. The van der Waals surface area contributed by atoms with Gasteiger partial charge in [-0.3, -0.25) is 0 Å². The van der Waals surface area contributed by atoms with Crippen molar-refractivity contribution in [3.05, 3.63) is 48.1 Å². The molecular weight excluding hydrogens is 196 g/mol. The molecule has 0 amide bonds. The Labute approximate surface area is 99.2 Å². The zero-order valence-corrected chi connectivity index (χ0v) is 10.4. The average molecular weight is 218 g/mol. The van der Waals surface area contributed by atoms with Crippen molar-refractivity contribution >= 4 is 0 Å². The fourth-order valence-corrected chi connectivity index (χ4v) is 1.56. The van der Waals surface area contributed by atoms with Crippen molar-refractivity contribution in [3.8, 4) is 0 Å². The van der Waals surface area contributed by atoms with Crippen molar-refractivity contribution < 1.29 is 4.74 Å². The van der Waals surface area contributed by atoms with Crippen molar-refractivity contribution in [1.29, 1.82) is 0 Å². The van der Waals surface area contributed by atoms with Crippen LogP contribution in [0.4, 0.5) is 0 Å². The summed E-state index contributed by atoms with van der Waals surface area (Å²) in [6.07, 6.45) is 18.5. The standard InChI is InChI=1S/C15H22O/c1-3-5-10-14(4-2)13-16-15-11-8-6-7-9-12-15/h4-8,10-11,15H,3,9,12-13H2,1-2H3/b10-5-,14-4+. The first kappa shape index (κ1) is 13.0. The van der Waals surface area contributed by atoms with E-state index in [1.165, 1.54) is 5.57 Å². The molecule has 1 atom stereocenters. The third-order valence-electron chi connectivity index (χ3n) is 2.59. The third kappa shape index (κ3) is 5.13. The predicted octanol–water partition coefficient (Wildman–Crippen LogP) is 4.19. The molecule has 1 unspecified atom stereocenters. The monoisotopic (exact) mass is 218 g/mol. The predicted molar refractivity (Wildman–Crippen MR) is 70.4 cm³/mol.